The number of rotatable bonds is 9. The van der Waals surface area contributed by atoms with Gasteiger partial charge in [-0.25, -0.2) is 12.9 Å². The Morgan fingerprint density at radius 2 is 1.77 bits per heavy atom. The lowest BCUT2D eigenvalue weighted by molar-refractivity contribution is 0.186. The second kappa shape index (κ2) is 11.0. The highest BCUT2D eigenvalue weighted by Gasteiger charge is 2.23. The number of aromatic nitrogens is 5. The number of anilines is 1. The highest BCUT2D eigenvalue weighted by molar-refractivity contribution is 7.88. The Hall–Kier alpha value is -3.80. The molecule has 0 aliphatic carbocycles. The Kier molecular flexibility index (Phi) is 7.26. The van der Waals surface area contributed by atoms with E-state index in [1.54, 1.807) is 10.5 Å². The van der Waals surface area contributed by atoms with Crippen molar-refractivity contribution in [2.45, 2.75) is 25.8 Å². The van der Waals surface area contributed by atoms with Crippen molar-refractivity contribution in [1.82, 2.24) is 33.8 Å². The third kappa shape index (κ3) is 5.58. The van der Waals surface area contributed by atoms with E-state index in [1.165, 1.54) is 11.8 Å². The number of nitrogen functional groups attached to an aromatic ring is 1. The lowest BCUT2D eigenvalue weighted by Crippen LogP contribution is -2.48. The maximum Gasteiger partial charge on any atom is 0.211 e. The van der Waals surface area contributed by atoms with Crippen molar-refractivity contribution in [2.24, 2.45) is 0 Å². The molecule has 1 fully saturated rings. The zero-order chi connectivity index (χ0) is 27.7. The van der Waals surface area contributed by atoms with Gasteiger partial charge >= 0.3 is 0 Å². The molecular weight excluding hydrogens is 524 g/mol. The van der Waals surface area contributed by atoms with E-state index in [9.17, 15) is 8.42 Å². The molecule has 6 rings (SSSR count). The van der Waals surface area contributed by atoms with Crippen LogP contribution in [0.1, 0.15) is 24.1 Å². The van der Waals surface area contributed by atoms with Crippen molar-refractivity contribution in [3.05, 3.63) is 78.2 Å². The fourth-order valence-corrected chi connectivity index (χ4v) is 6.37. The van der Waals surface area contributed by atoms with E-state index in [0.29, 0.717) is 18.8 Å². The summed E-state index contributed by atoms with van der Waals surface area (Å²) in [6.45, 7) is 4.35. The molecule has 10 nitrogen and oxygen atoms in total. The van der Waals surface area contributed by atoms with Gasteiger partial charge in [0.25, 0.3) is 0 Å². The fraction of sp³-hybridized carbons (Fsp3) is 0.345. The Labute approximate surface area is 234 Å². The molecule has 11 heteroatoms. The molecule has 1 saturated heterocycles. The predicted molar refractivity (Wildman–Crippen MR) is 157 cm³/mol. The number of sulfonamides is 1. The van der Waals surface area contributed by atoms with Crippen LogP contribution >= 0.6 is 0 Å². The number of hydrogen-bond acceptors (Lipinski definition) is 7. The molecule has 208 valence electrons. The van der Waals surface area contributed by atoms with E-state index >= 15 is 0 Å². The molecule has 0 radical (unpaired) electrons. The normalized spacial score (nSPS) is 15.3. The third-order valence-electron chi connectivity index (χ3n) is 7.67. The number of nitrogens with two attached hydrogens (primary N) is 1. The summed E-state index contributed by atoms with van der Waals surface area (Å²) < 4.78 is 28.9. The molecule has 1 aliphatic heterocycles. The molecule has 4 heterocycles. The van der Waals surface area contributed by atoms with E-state index in [0.717, 1.165) is 78.7 Å². The summed E-state index contributed by atoms with van der Waals surface area (Å²) in [6, 6.07) is 18.8. The van der Waals surface area contributed by atoms with Gasteiger partial charge in [0.1, 0.15) is 0 Å². The second-order valence-corrected chi connectivity index (χ2v) is 12.5. The van der Waals surface area contributed by atoms with Crippen molar-refractivity contribution >= 4 is 32.1 Å². The predicted octanol–water partition coefficient (Wildman–Crippen LogP) is 3.28. The standard InChI is InChI=1S/C29H34N8O2S/c1-40(38,39)36-15-13-34(14-16-36)12-6-5-9-25-18-26(29-27(30)19-31-33-37(25)29)23-10-11-24-21-35(32-28(24)17-23)20-22-7-3-2-4-8-22/h2-4,7-8,10-11,17-19,21H,5-6,9,12-16,20,30H2,1H3. The number of nitrogens with zero attached hydrogens (tertiary/aromatic N) is 7. The fourth-order valence-electron chi connectivity index (χ4n) is 5.55. The van der Waals surface area contributed by atoms with Gasteiger partial charge in [-0.2, -0.15) is 9.40 Å². The molecule has 3 aromatic heterocycles. The highest BCUT2D eigenvalue weighted by Crippen LogP contribution is 2.33. The third-order valence-corrected chi connectivity index (χ3v) is 8.98. The smallest absolute Gasteiger partial charge is 0.211 e. The first-order valence-corrected chi connectivity index (χ1v) is 15.5. The Morgan fingerprint density at radius 3 is 2.55 bits per heavy atom. The summed E-state index contributed by atoms with van der Waals surface area (Å²) in [5.41, 5.74) is 13.2. The van der Waals surface area contributed by atoms with Gasteiger partial charge in [0.05, 0.1) is 35.7 Å². The SMILES string of the molecule is CS(=O)(=O)N1CCN(CCCCc2cc(-c3ccc4cn(Cc5ccccc5)nc4c3)c3c(N)cnnn23)CC1. The van der Waals surface area contributed by atoms with Crippen LogP contribution in [0.3, 0.4) is 0 Å². The summed E-state index contributed by atoms with van der Waals surface area (Å²) in [6.07, 6.45) is 7.81. The van der Waals surface area contributed by atoms with Crippen LogP contribution in [0.4, 0.5) is 5.69 Å². The molecule has 2 N–H and O–H groups in total. The van der Waals surface area contributed by atoms with Gasteiger partial charge in [-0.05, 0) is 49.1 Å². The van der Waals surface area contributed by atoms with Crippen LogP contribution in [0, 0.1) is 0 Å². The first kappa shape index (κ1) is 26.4. The zero-order valence-electron chi connectivity index (χ0n) is 22.6. The van der Waals surface area contributed by atoms with Crippen LogP contribution in [0.15, 0.2) is 67.0 Å². The van der Waals surface area contributed by atoms with Gasteiger partial charge in [0.2, 0.25) is 10.0 Å². The molecule has 0 unspecified atom stereocenters. The van der Waals surface area contributed by atoms with Gasteiger partial charge in [-0.1, -0.05) is 47.7 Å². The topological polar surface area (TPSA) is 115 Å². The second-order valence-electron chi connectivity index (χ2n) is 10.5. The molecule has 40 heavy (non-hydrogen) atoms. The van der Waals surface area contributed by atoms with Crippen LogP contribution in [0.25, 0.3) is 27.5 Å². The number of aryl methyl sites for hydroxylation is 1. The molecular formula is C29H34N8O2S. The van der Waals surface area contributed by atoms with Gasteiger partial charge in [-0.15, -0.1) is 5.10 Å². The minimum Gasteiger partial charge on any atom is -0.396 e. The maximum absolute atomic E-state index is 11.8. The number of piperazine rings is 1. The molecule has 0 saturated carbocycles. The number of hydrogen-bond donors (Lipinski definition) is 1. The quantitative estimate of drug-likeness (QED) is 0.276. The minimum atomic E-state index is -3.10. The van der Waals surface area contributed by atoms with Crippen LogP contribution in [-0.4, -0.2) is 81.2 Å². The van der Waals surface area contributed by atoms with Gasteiger partial charge in [-0.3, -0.25) is 4.68 Å². The van der Waals surface area contributed by atoms with Crippen molar-refractivity contribution < 1.29 is 8.42 Å². The zero-order valence-corrected chi connectivity index (χ0v) is 23.5. The average Bonchev–Trinajstić information content (AvgIpc) is 3.52. The summed E-state index contributed by atoms with van der Waals surface area (Å²) in [7, 11) is -3.10. The lowest BCUT2D eigenvalue weighted by atomic mass is 10.0. The molecule has 5 aromatic rings. The number of benzene rings is 2. The van der Waals surface area contributed by atoms with Gasteiger partial charge < -0.3 is 10.6 Å². The minimum absolute atomic E-state index is 0.565. The average molecular weight is 559 g/mol. The Balaban J connectivity index is 1.17. The lowest BCUT2D eigenvalue weighted by Gasteiger charge is -2.33. The molecule has 0 atom stereocenters. The van der Waals surface area contributed by atoms with Crippen molar-refractivity contribution in [3.8, 4) is 11.1 Å². The summed E-state index contributed by atoms with van der Waals surface area (Å²) in [4.78, 5) is 2.34. The molecule has 0 bridgehead atoms. The van der Waals surface area contributed by atoms with Crippen LogP contribution < -0.4 is 5.73 Å². The summed E-state index contributed by atoms with van der Waals surface area (Å²) in [5, 5.41) is 14.4. The van der Waals surface area contributed by atoms with E-state index in [2.05, 4.69) is 57.8 Å². The van der Waals surface area contributed by atoms with E-state index in [-0.39, 0.29) is 0 Å². The highest BCUT2D eigenvalue weighted by atomic mass is 32.2. The number of unbranched alkanes of at least 4 members (excludes halogenated alkanes) is 1. The Bertz CT molecular complexity index is 1740. The monoisotopic (exact) mass is 558 g/mol. The molecule has 0 amide bonds. The molecule has 1 aliphatic rings. The van der Waals surface area contributed by atoms with E-state index in [1.807, 2.05) is 27.4 Å². The molecule has 0 spiro atoms. The van der Waals surface area contributed by atoms with Gasteiger partial charge in [0.15, 0.2) is 0 Å². The van der Waals surface area contributed by atoms with Crippen LogP contribution in [0.2, 0.25) is 0 Å². The first-order valence-electron chi connectivity index (χ1n) is 13.7. The van der Waals surface area contributed by atoms with Crippen LogP contribution in [-0.2, 0) is 23.0 Å². The van der Waals surface area contributed by atoms with Crippen molar-refractivity contribution in [1.29, 1.82) is 0 Å². The summed E-state index contributed by atoms with van der Waals surface area (Å²) in [5.74, 6) is 0. The van der Waals surface area contributed by atoms with E-state index < -0.39 is 10.0 Å². The van der Waals surface area contributed by atoms with Crippen molar-refractivity contribution in [2.75, 3.05) is 44.7 Å². The largest absolute Gasteiger partial charge is 0.396 e. The van der Waals surface area contributed by atoms with Crippen molar-refractivity contribution in [3.63, 3.8) is 0 Å². The van der Waals surface area contributed by atoms with E-state index in [4.69, 9.17) is 10.8 Å². The van der Waals surface area contributed by atoms with Crippen LogP contribution in [0.5, 0.6) is 0 Å². The number of fused-ring (bicyclic) bond motifs is 2. The molecule has 2 aromatic carbocycles. The summed E-state index contributed by atoms with van der Waals surface area (Å²) >= 11 is 0. The Morgan fingerprint density at radius 1 is 0.975 bits per heavy atom. The maximum atomic E-state index is 11.8. The first-order chi connectivity index (χ1) is 19.3. The van der Waals surface area contributed by atoms with Gasteiger partial charge in [0, 0.05) is 49.0 Å².